The number of nitriles is 2. The minimum Gasteiger partial charge on any atom is -0.457 e. The number of aromatic nitrogens is 1. The number of benzene rings is 1. The van der Waals surface area contributed by atoms with E-state index in [-0.39, 0.29) is 13.1 Å². The van der Waals surface area contributed by atoms with Gasteiger partial charge in [-0.2, -0.15) is 10.5 Å². The molecule has 2 aromatic rings. The average molecular weight is 331 g/mol. The second kappa shape index (κ2) is 5.50. The van der Waals surface area contributed by atoms with E-state index in [1.807, 2.05) is 18.3 Å². The first kappa shape index (κ1) is 15.0. The first-order valence-electron chi connectivity index (χ1n) is 7.77. The summed E-state index contributed by atoms with van der Waals surface area (Å²) in [4.78, 5) is 18.2. The molecule has 1 spiro atoms. The summed E-state index contributed by atoms with van der Waals surface area (Å²) in [7, 11) is 0. The van der Waals surface area contributed by atoms with Gasteiger partial charge in [0, 0.05) is 12.7 Å². The first-order chi connectivity index (χ1) is 12.2. The number of ether oxygens (including phenoxy) is 1. The summed E-state index contributed by atoms with van der Waals surface area (Å²) >= 11 is 0. The molecule has 4 rings (SSSR count). The zero-order valence-electron chi connectivity index (χ0n) is 13.1. The lowest BCUT2D eigenvalue weighted by Crippen LogP contribution is -2.54. The molecule has 0 radical (unpaired) electrons. The van der Waals surface area contributed by atoms with Crippen LogP contribution in [-0.2, 0) is 4.79 Å². The fourth-order valence-corrected chi connectivity index (χ4v) is 3.43. The number of hydrogen-bond donors (Lipinski definition) is 1. The van der Waals surface area contributed by atoms with Crippen LogP contribution in [0.5, 0.6) is 5.88 Å². The van der Waals surface area contributed by atoms with Crippen molar-refractivity contribution in [1.29, 1.82) is 10.5 Å². The Morgan fingerprint density at radius 2 is 2.20 bits per heavy atom. The van der Waals surface area contributed by atoms with Crippen molar-refractivity contribution >= 4 is 11.6 Å². The standard InChI is InChI=1S/C18H13N5O2/c19-8-12-3-1-4-13(7-12)14-9-23(11-20)17(24)18(14)10-22-15-5-2-6-21-16(15)25-18/h1-7,14,22H,9-10H2/t14?,18-/m1/s1. The Bertz CT molecular complexity index is 945. The molecule has 2 aliphatic rings. The number of carbonyl (C=O) groups is 1. The van der Waals surface area contributed by atoms with Crippen molar-refractivity contribution in [2.24, 2.45) is 0 Å². The van der Waals surface area contributed by atoms with E-state index in [0.717, 1.165) is 10.5 Å². The molecule has 1 aromatic carbocycles. The molecule has 0 bridgehead atoms. The Hall–Kier alpha value is -3.58. The Kier molecular flexibility index (Phi) is 3.29. The predicted molar refractivity (Wildman–Crippen MR) is 87.3 cm³/mol. The monoisotopic (exact) mass is 331 g/mol. The second-order valence-electron chi connectivity index (χ2n) is 6.01. The van der Waals surface area contributed by atoms with Gasteiger partial charge >= 0.3 is 0 Å². The van der Waals surface area contributed by atoms with E-state index < -0.39 is 17.4 Å². The molecule has 1 amide bonds. The molecule has 25 heavy (non-hydrogen) atoms. The number of rotatable bonds is 1. The van der Waals surface area contributed by atoms with Gasteiger partial charge in [-0.25, -0.2) is 9.88 Å². The lowest BCUT2D eigenvalue weighted by molar-refractivity contribution is -0.138. The minimum absolute atomic E-state index is 0.202. The number of amides is 1. The third-order valence-corrected chi connectivity index (χ3v) is 4.67. The van der Waals surface area contributed by atoms with Crippen LogP contribution in [0.1, 0.15) is 17.0 Å². The van der Waals surface area contributed by atoms with Crippen LogP contribution < -0.4 is 10.1 Å². The number of likely N-dealkylation sites (tertiary alicyclic amines) is 1. The predicted octanol–water partition coefficient (Wildman–Crippen LogP) is 1.60. The van der Waals surface area contributed by atoms with E-state index in [1.54, 1.807) is 30.5 Å². The fraction of sp³-hybridized carbons (Fsp3) is 0.222. The normalized spacial score (nSPS) is 24.0. The zero-order chi connectivity index (χ0) is 17.4. The van der Waals surface area contributed by atoms with Crippen LogP contribution in [0.3, 0.4) is 0 Å². The van der Waals surface area contributed by atoms with Gasteiger partial charge in [-0.15, -0.1) is 0 Å². The highest BCUT2D eigenvalue weighted by atomic mass is 16.5. The molecule has 3 heterocycles. The average Bonchev–Trinajstić information content (AvgIpc) is 2.93. The Balaban J connectivity index is 1.82. The maximum Gasteiger partial charge on any atom is 0.282 e. The Morgan fingerprint density at radius 1 is 1.32 bits per heavy atom. The van der Waals surface area contributed by atoms with E-state index in [1.165, 1.54) is 0 Å². The van der Waals surface area contributed by atoms with Crippen LogP contribution in [0.25, 0.3) is 0 Å². The van der Waals surface area contributed by atoms with Crippen molar-refractivity contribution < 1.29 is 9.53 Å². The highest BCUT2D eigenvalue weighted by Gasteiger charge is 2.59. The van der Waals surface area contributed by atoms with Crippen LogP contribution in [-0.4, -0.2) is 34.5 Å². The SMILES string of the molecule is N#Cc1cccc(C2CN(C#N)C(=O)[C@@]23CNc2cccnc2O3)c1. The van der Waals surface area contributed by atoms with E-state index in [0.29, 0.717) is 17.1 Å². The summed E-state index contributed by atoms with van der Waals surface area (Å²) in [6, 6.07) is 12.7. The maximum absolute atomic E-state index is 12.9. The van der Waals surface area contributed by atoms with Gasteiger partial charge in [0.2, 0.25) is 11.5 Å². The van der Waals surface area contributed by atoms with Gasteiger partial charge in [0.15, 0.2) is 6.19 Å². The van der Waals surface area contributed by atoms with Gasteiger partial charge in [-0.3, -0.25) is 4.79 Å². The van der Waals surface area contributed by atoms with E-state index >= 15 is 0 Å². The van der Waals surface area contributed by atoms with Crippen molar-refractivity contribution in [3.63, 3.8) is 0 Å². The van der Waals surface area contributed by atoms with Gasteiger partial charge in [0.1, 0.15) is 0 Å². The highest BCUT2D eigenvalue weighted by molar-refractivity contribution is 5.92. The third kappa shape index (κ3) is 2.18. The number of hydrogen-bond acceptors (Lipinski definition) is 6. The van der Waals surface area contributed by atoms with Crippen molar-refractivity contribution in [3.05, 3.63) is 53.7 Å². The number of anilines is 1. The van der Waals surface area contributed by atoms with Crippen LogP contribution in [0.2, 0.25) is 0 Å². The molecular weight excluding hydrogens is 318 g/mol. The van der Waals surface area contributed by atoms with Crippen LogP contribution in [0, 0.1) is 22.8 Å². The molecule has 2 aliphatic heterocycles. The number of nitrogens with zero attached hydrogens (tertiary/aromatic N) is 4. The smallest absolute Gasteiger partial charge is 0.282 e. The lowest BCUT2D eigenvalue weighted by Gasteiger charge is -2.37. The quantitative estimate of drug-likeness (QED) is 0.796. The third-order valence-electron chi connectivity index (χ3n) is 4.67. The van der Waals surface area contributed by atoms with Crippen molar-refractivity contribution in [2.45, 2.75) is 11.5 Å². The topological polar surface area (TPSA) is 102 Å². The summed E-state index contributed by atoms with van der Waals surface area (Å²) in [5.41, 5.74) is 0.732. The molecule has 1 aromatic heterocycles. The van der Waals surface area contributed by atoms with Crippen LogP contribution >= 0.6 is 0 Å². The molecule has 122 valence electrons. The van der Waals surface area contributed by atoms with Gasteiger partial charge in [-0.05, 0) is 29.8 Å². The van der Waals surface area contributed by atoms with Gasteiger partial charge < -0.3 is 10.1 Å². The van der Waals surface area contributed by atoms with Gasteiger partial charge in [0.05, 0.1) is 29.8 Å². The summed E-state index contributed by atoms with van der Waals surface area (Å²) in [5.74, 6) is -0.454. The number of pyridine rings is 1. The molecule has 0 saturated carbocycles. The van der Waals surface area contributed by atoms with Gasteiger partial charge in [-0.1, -0.05) is 12.1 Å². The molecule has 1 saturated heterocycles. The minimum atomic E-state index is -1.26. The van der Waals surface area contributed by atoms with Gasteiger partial charge in [0.25, 0.3) is 5.91 Å². The Morgan fingerprint density at radius 3 is 3.00 bits per heavy atom. The number of fused-ring (bicyclic) bond motifs is 1. The largest absolute Gasteiger partial charge is 0.457 e. The van der Waals surface area contributed by atoms with E-state index in [2.05, 4.69) is 16.4 Å². The second-order valence-corrected chi connectivity index (χ2v) is 6.01. The van der Waals surface area contributed by atoms with Crippen LogP contribution in [0.4, 0.5) is 5.69 Å². The molecule has 1 fully saturated rings. The van der Waals surface area contributed by atoms with Crippen molar-refractivity contribution in [1.82, 2.24) is 9.88 Å². The summed E-state index contributed by atoms with van der Waals surface area (Å²) in [5, 5.41) is 21.7. The van der Waals surface area contributed by atoms with Crippen molar-refractivity contribution in [3.8, 4) is 18.1 Å². The molecule has 0 aliphatic carbocycles. The first-order valence-corrected chi connectivity index (χ1v) is 7.77. The number of carbonyl (C=O) groups excluding carboxylic acids is 1. The lowest BCUT2D eigenvalue weighted by atomic mass is 9.83. The molecular formula is C18H13N5O2. The molecule has 2 atom stereocenters. The van der Waals surface area contributed by atoms with E-state index in [4.69, 9.17) is 10.00 Å². The van der Waals surface area contributed by atoms with E-state index in [9.17, 15) is 10.1 Å². The molecule has 7 heteroatoms. The zero-order valence-corrected chi connectivity index (χ0v) is 13.1. The van der Waals surface area contributed by atoms with Crippen molar-refractivity contribution in [2.75, 3.05) is 18.4 Å². The highest BCUT2D eigenvalue weighted by Crippen LogP contribution is 2.44. The summed E-state index contributed by atoms with van der Waals surface area (Å²) < 4.78 is 6.07. The Labute approximate surface area is 144 Å². The number of nitrogens with one attached hydrogen (secondary N) is 1. The van der Waals surface area contributed by atoms with Crippen LogP contribution in [0.15, 0.2) is 42.6 Å². The molecule has 1 unspecified atom stereocenters. The fourth-order valence-electron chi connectivity index (χ4n) is 3.43. The summed E-state index contributed by atoms with van der Waals surface area (Å²) in [6.07, 6.45) is 3.52. The molecule has 7 nitrogen and oxygen atoms in total. The summed E-state index contributed by atoms with van der Waals surface area (Å²) in [6.45, 7) is 0.429. The molecule has 1 N–H and O–H groups in total. The maximum atomic E-state index is 12.9.